The molecular weight excluding hydrogens is 192 g/mol. The van der Waals surface area contributed by atoms with Crippen molar-refractivity contribution in [1.82, 2.24) is 10.9 Å². The van der Waals surface area contributed by atoms with Crippen LogP contribution in [0.2, 0.25) is 0 Å². The Morgan fingerprint density at radius 3 is 2.73 bits per heavy atom. The highest BCUT2D eigenvalue weighted by molar-refractivity contribution is 5.93. The predicted molar refractivity (Wildman–Crippen MR) is 57.7 cm³/mol. The highest BCUT2D eigenvalue weighted by atomic mass is 16.2. The van der Waals surface area contributed by atoms with Crippen LogP contribution in [0.1, 0.15) is 0 Å². The van der Waals surface area contributed by atoms with Crippen LogP contribution in [0.15, 0.2) is 30.3 Å². The second-order valence-corrected chi connectivity index (χ2v) is 3.51. The number of benzene rings is 1. The summed E-state index contributed by atoms with van der Waals surface area (Å²) in [5.41, 5.74) is 12.1. The van der Waals surface area contributed by atoms with Gasteiger partial charge in [0.2, 0.25) is 5.91 Å². The molecule has 1 amide bonds. The van der Waals surface area contributed by atoms with E-state index in [0.717, 1.165) is 5.69 Å². The second kappa shape index (κ2) is 4.39. The van der Waals surface area contributed by atoms with Crippen molar-refractivity contribution in [3.05, 3.63) is 30.3 Å². The molecule has 1 fully saturated rings. The Kier molecular flexibility index (Phi) is 2.96. The molecule has 2 rings (SSSR count). The summed E-state index contributed by atoms with van der Waals surface area (Å²) in [6, 6.07) is 9.35. The van der Waals surface area contributed by atoms with E-state index >= 15 is 0 Å². The van der Waals surface area contributed by atoms with Gasteiger partial charge in [0.15, 0.2) is 0 Å². The van der Waals surface area contributed by atoms with Gasteiger partial charge in [-0.1, -0.05) is 18.2 Å². The number of hydrogen-bond donors (Lipinski definition) is 4. The number of hydrogen-bond acceptors (Lipinski definition) is 4. The molecule has 1 saturated heterocycles. The predicted octanol–water partition coefficient (Wildman–Crippen LogP) is -0.366. The average molecular weight is 206 g/mol. The zero-order valence-electron chi connectivity index (χ0n) is 8.23. The van der Waals surface area contributed by atoms with Crippen molar-refractivity contribution in [2.45, 2.75) is 6.17 Å². The number of nitrogens with two attached hydrogens (primary N) is 1. The average Bonchev–Trinajstić information content (AvgIpc) is 2.66. The maximum atomic E-state index is 11.8. The van der Waals surface area contributed by atoms with Crippen molar-refractivity contribution in [3.63, 3.8) is 0 Å². The van der Waals surface area contributed by atoms with Crippen molar-refractivity contribution in [1.29, 1.82) is 0 Å². The van der Waals surface area contributed by atoms with Crippen LogP contribution in [-0.4, -0.2) is 18.6 Å². The molecule has 1 aromatic rings. The Morgan fingerprint density at radius 1 is 1.40 bits per heavy atom. The normalized spacial score (nSPS) is 25.1. The van der Waals surface area contributed by atoms with Gasteiger partial charge in [-0.25, -0.2) is 5.43 Å². The molecule has 1 aliphatic heterocycles. The molecule has 0 spiro atoms. The van der Waals surface area contributed by atoms with Crippen LogP contribution in [0.5, 0.6) is 0 Å². The lowest BCUT2D eigenvalue weighted by Crippen LogP contribution is -2.43. The Balaban J connectivity index is 1.98. The largest absolute Gasteiger partial charge is 0.326 e. The summed E-state index contributed by atoms with van der Waals surface area (Å²) in [6.45, 7) is 0.555. The third-order valence-corrected chi connectivity index (χ3v) is 2.40. The molecule has 0 radical (unpaired) electrons. The molecular formula is C10H14N4O. The highest BCUT2D eigenvalue weighted by Gasteiger charge is 2.29. The van der Waals surface area contributed by atoms with Gasteiger partial charge < -0.3 is 11.1 Å². The van der Waals surface area contributed by atoms with Gasteiger partial charge in [0.1, 0.15) is 0 Å². The summed E-state index contributed by atoms with van der Waals surface area (Å²) in [6.07, 6.45) is -0.325. The zero-order chi connectivity index (χ0) is 10.7. The number of amides is 1. The van der Waals surface area contributed by atoms with Crippen molar-refractivity contribution in [2.24, 2.45) is 11.7 Å². The number of carbonyl (C=O) groups excluding carboxylic acids is 1. The lowest BCUT2D eigenvalue weighted by Gasteiger charge is -2.13. The molecule has 0 aromatic heterocycles. The monoisotopic (exact) mass is 206 g/mol. The molecule has 80 valence electrons. The molecule has 2 unspecified atom stereocenters. The molecule has 5 N–H and O–H groups in total. The van der Waals surface area contributed by atoms with Crippen LogP contribution in [0.3, 0.4) is 0 Å². The lowest BCUT2D eigenvalue weighted by molar-refractivity contribution is -0.119. The van der Waals surface area contributed by atoms with Crippen LogP contribution in [0.25, 0.3) is 0 Å². The molecule has 2 atom stereocenters. The number of carbonyl (C=O) groups is 1. The first-order chi connectivity index (χ1) is 7.27. The van der Waals surface area contributed by atoms with Crippen molar-refractivity contribution in [2.75, 3.05) is 11.9 Å². The second-order valence-electron chi connectivity index (χ2n) is 3.51. The quantitative estimate of drug-likeness (QED) is 0.532. The minimum atomic E-state index is -0.325. The van der Waals surface area contributed by atoms with Gasteiger partial charge in [-0.3, -0.25) is 10.2 Å². The highest BCUT2D eigenvalue weighted by Crippen LogP contribution is 2.10. The topological polar surface area (TPSA) is 79.2 Å². The molecule has 1 heterocycles. The molecule has 5 nitrogen and oxygen atoms in total. The molecule has 0 saturated carbocycles. The van der Waals surface area contributed by atoms with Crippen LogP contribution in [-0.2, 0) is 4.79 Å². The number of nitrogens with one attached hydrogen (secondary N) is 3. The van der Waals surface area contributed by atoms with Crippen LogP contribution >= 0.6 is 0 Å². The fraction of sp³-hybridized carbons (Fsp3) is 0.300. The number of para-hydroxylation sites is 1. The number of hydrazine groups is 1. The minimum absolute atomic E-state index is 0.0637. The van der Waals surface area contributed by atoms with Crippen molar-refractivity contribution >= 4 is 11.6 Å². The fourth-order valence-corrected chi connectivity index (χ4v) is 1.53. The first kappa shape index (κ1) is 10.1. The first-order valence-corrected chi connectivity index (χ1v) is 4.87. The Labute approximate surface area is 88.0 Å². The first-order valence-electron chi connectivity index (χ1n) is 4.87. The van der Waals surface area contributed by atoms with Gasteiger partial charge in [-0.2, -0.15) is 0 Å². The van der Waals surface area contributed by atoms with Gasteiger partial charge in [0, 0.05) is 12.2 Å². The van der Waals surface area contributed by atoms with E-state index in [1.165, 1.54) is 0 Å². The van der Waals surface area contributed by atoms with E-state index in [4.69, 9.17) is 5.73 Å². The molecule has 5 heteroatoms. The Morgan fingerprint density at radius 2 is 2.13 bits per heavy atom. The van der Waals surface area contributed by atoms with Crippen LogP contribution in [0.4, 0.5) is 5.69 Å². The summed E-state index contributed by atoms with van der Waals surface area (Å²) >= 11 is 0. The fourth-order valence-electron chi connectivity index (χ4n) is 1.53. The molecule has 0 bridgehead atoms. The van der Waals surface area contributed by atoms with E-state index in [-0.39, 0.29) is 18.0 Å². The molecule has 15 heavy (non-hydrogen) atoms. The summed E-state index contributed by atoms with van der Waals surface area (Å²) in [5, 5.41) is 2.82. The Bertz CT molecular complexity index is 341. The van der Waals surface area contributed by atoms with Gasteiger partial charge in [-0.15, -0.1) is 0 Å². The SMILES string of the molecule is NC1NNCC1C(=O)Nc1ccccc1. The maximum Gasteiger partial charge on any atom is 0.231 e. The Hall–Kier alpha value is -1.43. The van der Waals surface area contributed by atoms with E-state index < -0.39 is 0 Å². The molecule has 1 aromatic carbocycles. The third kappa shape index (κ3) is 2.33. The van der Waals surface area contributed by atoms with Gasteiger partial charge in [0.25, 0.3) is 0 Å². The summed E-state index contributed by atoms with van der Waals surface area (Å²) in [5.74, 6) is -0.295. The van der Waals surface area contributed by atoms with Crippen LogP contribution in [0, 0.1) is 5.92 Å². The lowest BCUT2D eigenvalue weighted by atomic mass is 10.1. The molecule has 0 aliphatic carbocycles. The minimum Gasteiger partial charge on any atom is -0.326 e. The van der Waals surface area contributed by atoms with E-state index in [1.54, 1.807) is 0 Å². The van der Waals surface area contributed by atoms with Gasteiger partial charge in [-0.05, 0) is 12.1 Å². The van der Waals surface area contributed by atoms with E-state index in [9.17, 15) is 4.79 Å². The zero-order valence-corrected chi connectivity index (χ0v) is 8.23. The van der Waals surface area contributed by atoms with Crippen LogP contribution < -0.4 is 21.9 Å². The molecule has 1 aliphatic rings. The van der Waals surface area contributed by atoms with Gasteiger partial charge >= 0.3 is 0 Å². The standard InChI is InChI=1S/C10H14N4O/c11-9-8(6-12-14-9)10(15)13-7-4-2-1-3-5-7/h1-5,8-9,12,14H,6,11H2,(H,13,15). The number of anilines is 1. The van der Waals surface area contributed by atoms with Gasteiger partial charge in [0.05, 0.1) is 12.1 Å². The maximum absolute atomic E-state index is 11.8. The smallest absolute Gasteiger partial charge is 0.231 e. The third-order valence-electron chi connectivity index (χ3n) is 2.40. The van der Waals surface area contributed by atoms with Crippen molar-refractivity contribution in [3.8, 4) is 0 Å². The van der Waals surface area contributed by atoms with E-state index in [1.807, 2.05) is 30.3 Å². The number of rotatable bonds is 2. The summed E-state index contributed by atoms with van der Waals surface area (Å²) in [4.78, 5) is 11.8. The summed E-state index contributed by atoms with van der Waals surface area (Å²) < 4.78 is 0. The van der Waals surface area contributed by atoms with E-state index in [2.05, 4.69) is 16.2 Å². The van der Waals surface area contributed by atoms with Crippen molar-refractivity contribution < 1.29 is 4.79 Å². The van der Waals surface area contributed by atoms with E-state index in [0.29, 0.717) is 6.54 Å². The summed E-state index contributed by atoms with van der Waals surface area (Å²) in [7, 11) is 0.